The first kappa shape index (κ1) is 12.3. The van der Waals surface area contributed by atoms with Gasteiger partial charge in [-0.3, -0.25) is 5.10 Å². The van der Waals surface area contributed by atoms with Crippen molar-refractivity contribution in [2.75, 3.05) is 7.11 Å². The van der Waals surface area contributed by atoms with Gasteiger partial charge in [0.1, 0.15) is 5.82 Å². The molecule has 7 heteroatoms. The van der Waals surface area contributed by atoms with Gasteiger partial charge in [0.25, 0.3) is 0 Å². The highest BCUT2D eigenvalue weighted by atomic mass is 32.1. The Balaban J connectivity index is 2.32. The van der Waals surface area contributed by atoms with Gasteiger partial charge in [-0.15, -0.1) is 0 Å². The number of hydrogen-bond acceptors (Lipinski definition) is 5. The van der Waals surface area contributed by atoms with Crippen molar-refractivity contribution in [2.45, 2.75) is 6.92 Å². The number of aromatic amines is 1. The molecular formula is C11H12N4O2S. The summed E-state index contributed by atoms with van der Waals surface area (Å²) in [5, 5.41) is 20.3. The third-order valence-corrected chi connectivity index (χ3v) is 2.60. The largest absolute Gasteiger partial charge is 0.504 e. The van der Waals surface area contributed by atoms with Crippen molar-refractivity contribution in [2.24, 2.45) is 5.10 Å². The van der Waals surface area contributed by atoms with Crippen LogP contribution in [0.5, 0.6) is 11.5 Å². The van der Waals surface area contributed by atoms with E-state index in [4.69, 9.17) is 17.0 Å². The zero-order chi connectivity index (χ0) is 13.1. The van der Waals surface area contributed by atoms with Crippen LogP contribution in [0.4, 0.5) is 0 Å². The second-order valence-electron chi connectivity index (χ2n) is 3.56. The molecule has 0 unspecified atom stereocenters. The van der Waals surface area contributed by atoms with E-state index < -0.39 is 0 Å². The highest BCUT2D eigenvalue weighted by Crippen LogP contribution is 2.25. The van der Waals surface area contributed by atoms with Crippen LogP contribution >= 0.6 is 12.2 Å². The highest BCUT2D eigenvalue weighted by Gasteiger charge is 2.01. The van der Waals surface area contributed by atoms with Crippen molar-refractivity contribution in [3.63, 3.8) is 0 Å². The van der Waals surface area contributed by atoms with Gasteiger partial charge in [-0.1, -0.05) is 0 Å². The molecule has 1 aromatic heterocycles. The predicted molar refractivity (Wildman–Crippen MR) is 69.8 cm³/mol. The molecule has 0 spiro atoms. The lowest BCUT2D eigenvalue weighted by molar-refractivity contribution is 0.373. The van der Waals surface area contributed by atoms with Gasteiger partial charge in [-0.2, -0.15) is 14.9 Å². The molecule has 6 nitrogen and oxygen atoms in total. The van der Waals surface area contributed by atoms with E-state index in [1.165, 1.54) is 11.8 Å². The second-order valence-corrected chi connectivity index (χ2v) is 3.95. The molecule has 0 saturated heterocycles. The number of benzene rings is 1. The average molecular weight is 264 g/mol. The molecule has 0 aliphatic carbocycles. The first-order valence-corrected chi connectivity index (χ1v) is 5.58. The Morgan fingerprint density at radius 3 is 2.94 bits per heavy atom. The monoisotopic (exact) mass is 264 g/mol. The van der Waals surface area contributed by atoms with E-state index in [0.717, 1.165) is 5.56 Å². The number of hydrogen-bond donors (Lipinski definition) is 2. The van der Waals surface area contributed by atoms with Gasteiger partial charge in [-0.25, -0.2) is 0 Å². The standard InChI is InChI=1S/C11H12N4O2S/c1-7-13-14-11(18)15(7)12-6-8-3-4-9(16)10(5-8)17-2/h3-6,16H,1-2H3,(H,14,18). The Hall–Kier alpha value is -2.15. The van der Waals surface area contributed by atoms with Crippen LogP contribution in [0, 0.1) is 11.7 Å². The van der Waals surface area contributed by atoms with Crippen molar-refractivity contribution in [3.8, 4) is 11.5 Å². The van der Waals surface area contributed by atoms with E-state index in [1.807, 2.05) is 0 Å². The van der Waals surface area contributed by atoms with E-state index in [9.17, 15) is 5.11 Å². The number of nitrogens with one attached hydrogen (secondary N) is 1. The van der Waals surface area contributed by atoms with Gasteiger partial charge in [0.2, 0.25) is 4.77 Å². The van der Waals surface area contributed by atoms with Gasteiger partial charge in [0.15, 0.2) is 11.5 Å². The molecule has 0 atom stereocenters. The summed E-state index contributed by atoms with van der Waals surface area (Å²) in [4.78, 5) is 0. The topological polar surface area (TPSA) is 75.4 Å². The minimum absolute atomic E-state index is 0.0887. The van der Waals surface area contributed by atoms with Gasteiger partial charge < -0.3 is 9.84 Å². The van der Waals surface area contributed by atoms with Crippen molar-refractivity contribution < 1.29 is 9.84 Å². The number of rotatable bonds is 3. The summed E-state index contributed by atoms with van der Waals surface area (Å²) < 4.78 is 6.95. The SMILES string of the molecule is COc1cc(C=Nn2c(C)n[nH]c2=S)ccc1O. The highest BCUT2D eigenvalue weighted by molar-refractivity contribution is 7.71. The summed E-state index contributed by atoms with van der Waals surface area (Å²) in [6.07, 6.45) is 1.61. The fourth-order valence-corrected chi connectivity index (χ4v) is 1.63. The van der Waals surface area contributed by atoms with Crippen molar-refractivity contribution in [1.29, 1.82) is 0 Å². The number of aromatic hydroxyl groups is 1. The molecule has 0 aliphatic rings. The molecule has 0 aliphatic heterocycles. The molecule has 2 N–H and O–H groups in total. The molecule has 0 bridgehead atoms. The molecule has 2 aromatic rings. The minimum Gasteiger partial charge on any atom is -0.504 e. The molecule has 94 valence electrons. The van der Waals surface area contributed by atoms with E-state index in [0.29, 0.717) is 16.3 Å². The van der Waals surface area contributed by atoms with Gasteiger partial charge >= 0.3 is 0 Å². The fourth-order valence-electron chi connectivity index (χ4n) is 1.41. The van der Waals surface area contributed by atoms with Crippen LogP contribution < -0.4 is 4.74 Å². The lowest BCUT2D eigenvalue weighted by Gasteiger charge is -2.03. The molecule has 1 heterocycles. The van der Waals surface area contributed by atoms with Gasteiger partial charge in [0, 0.05) is 0 Å². The van der Waals surface area contributed by atoms with E-state index in [1.54, 1.807) is 31.3 Å². The average Bonchev–Trinajstić information content (AvgIpc) is 2.68. The first-order chi connectivity index (χ1) is 8.61. The van der Waals surface area contributed by atoms with Crippen LogP contribution in [-0.4, -0.2) is 33.3 Å². The molecule has 0 amide bonds. The third kappa shape index (κ3) is 2.40. The lowest BCUT2D eigenvalue weighted by atomic mass is 10.2. The molecule has 1 aromatic carbocycles. The Bertz CT molecular complexity index is 645. The van der Waals surface area contributed by atoms with Crippen LogP contribution in [-0.2, 0) is 0 Å². The normalized spacial score (nSPS) is 11.0. The maximum absolute atomic E-state index is 9.47. The number of nitrogens with zero attached hydrogens (tertiary/aromatic N) is 3. The molecule has 0 fully saturated rings. The summed E-state index contributed by atoms with van der Waals surface area (Å²) in [5.41, 5.74) is 0.784. The number of aryl methyl sites for hydroxylation is 1. The number of phenolic OH excluding ortho intramolecular Hbond substituents is 1. The lowest BCUT2D eigenvalue weighted by Crippen LogP contribution is -1.94. The smallest absolute Gasteiger partial charge is 0.216 e. The quantitative estimate of drug-likeness (QED) is 0.655. The third-order valence-electron chi connectivity index (χ3n) is 2.34. The summed E-state index contributed by atoms with van der Waals surface area (Å²) >= 11 is 5.02. The zero-order valence-corrected chi connectivity index (χ0v) is 10.7. The van der Waals surface area contributed by atoms with E-state index in [2.05, 4.69) is 15.3 Å². The van der Waals surface area contributed by atoms with Gasteiger partial charge in [0.05, 0.1) is 13.3 Å². The minimum atomic E-state index is 0.0887. The van der Waals surface area contributed by atoms with Crippen molar-refractivity contribution in [1.82, 2.24) is 14.9 Å². The number of H-pyrrole nitrogens is 1. The number of phenols is 1. The molecular weight excluding hydrogens is 252 g/mol. The van der Waals surface area contributed by atoms with Crippen molar-refractivity contribution >= 4 is 18.4 Å². The molecule has 0 saturated carbocycles. The van der Waals surface area contributed by atoms with Crippen LogP contribution in [0.1, 0.15) is 11.4 Å². The van der Waals surface area contributed by atoms with E-state index >= 15 is 0 Å². The number of aromatic nitrogens is 3. The van der Waals surface area contributed by atoms with E-state index in [-0.39, 0.29) is 5.75 Å². The molecule has 0 radical (unpaired) electrons. The Labute approximate surface area is 109 Å². The Morgan fingerprint density at radius 1 is 1.56 bits per heavy atom. The Morgan fingerprint density at radius 2 is 2.33 bits per heavy atom. The summed E-state index contributed by atoms with van der Waals surface area (Å²) in [7, 11) is 1.49. The van der Waals surface area contributed by atoms with Crippen LogP contribution in [0.25, 0.3) is 0 Å². The predicted octanol–water partition coefficient (Wildman–Crippen LogP) is 1.85. The summed E-state index contributed by atoms with van der Waals surface area (Å²) in [6, 6.07) is 4.94. The maximum atomic E-state index is 9.47. The van der Waals surface area contributed by atoms with Gasteiger partial charge in [-0.05, 0) is 42.9 Å². The first-order valence-electron chi connectivity index (χ1n) is 5.17. The van der Waals surface area contributed by atoms with Crippen LogP contribution in [0.15, 0.2) is 23.3 Å². The maximum Gasteiger partial charge on any atom is 0.216 e. The Kier molecular flexibility index (Phi) is 3.42. The molecule has 18 heavy (non-hydrogen) atoms. The van der Waals surface area contributed by atoms with Crippen LogP contribution in [0.3, 0.4) is 0 Å². The summed E-state index contributed by atoms with van der Waals surface area (Å²) in [5.74, 6) is 1.15. The second kappa shape index (κ2) is 5.01. The fraction of sp³-hybridized carbons (Fsp3) is 0.182. The summed E-state index contributed by atoms with van der Waals surface area (Å²) in [6.45, 7) is 1.79. The van der Waals surface area contributed by atoms with Crippen molar-refractivity contribution in [3.05, 3.63) is 34.4 Å². The number of methoxy groups -OCH3 is 1. The number of ether oxygens (including phenoxy) is 1. The van der Waals surface area contributed by atoms with Crippen LogP contribution in [0.2, 0.25) is 0 Å². The zero-order valence-electron chi connectivity index (χ0n) is 9.91. The molecule has 2 rings (SSSR count).